The van der Waals surface area contributed by atoms with E-state index in [0.29, 0.717) is 10.7 Å². The van der Waals surface area contributed by atoms with Crippen LogP contribution in [0.15, 0.2) is 48.0 Å². The zero-order valence-electron chi connectivity index (χ0n) is 20.0. The Labute approximate surface area is 211 Å². The summed E-state index contributed by atoms with van der Waals surface area (Å²) in [6.07, 6.45) is 4.97. The maximum Gasteiger partial charge on any atom is 0.270 e. The second-order valence-corrected chi connectivity index (χ2v) is 10.1. The molecule has 2 amide bonds. The molecule has 0 aliphatic carbocycles. The van der Waals surface area contributed by atoms with Gasteiger partial charge in [-0.1, -0.05) is 24.6 Å². The van der Waals surface area contributed by atoms with Crippen LogP contribution in [-0.2, 0) is 9.59 Å². The average Bonchev–Trinajstić information content (AvgIpc) is 2.75. The summed E-state index contributed by atoms with van der Waals surface area (Å²) in [6.45, 7) is 11.7. The molecule has 2 aliphatic rings. The Balaban J connectivity index is 1.78. The van der Waals surface area contributed by atoms with Crippen molar-refractivity contribution in [1.29, 1.82) is 0 Å². The lowest BCUT2D eigenvalue weighted by atomic mass is 9.86. The van der Waals surface area contributed by atoms with E-state index in [0.717, 1.165) is 29.7 Å². The number of nitrogens with one attached hydrogen (secondary N) is 1. The van der Waals surface area contributed by atoms with Crippen LogP contribution in [-0.4, -0.2) is 29.0 Å². The monoisotopic (exact) mass is 493 g/mol. The quantitative estimate of drug-likeness (QED) is 0.327. The third-order valence-corrected chi connectivity index (χ3v) is 6.84. The maximum absolute atomic E-state index is 13.4. The highest BCUT2D eigenvalue weighted by Gasteiger charge is 2.35. The molecule has 0 spiro atoms. The van der Waals surface area contributed by atoms with E-state index in [1.54, 1.807) is 30.3 Å². The van der Waals surface area contributed by atoms with Crippen LogP contribution in [0.3, 0.4) is 0 Å². The maximum atomic E-state index is 13.4. The van der Waals surface area contributed by atoms with E-state index in [2.05, 4.69) is 56.1 Å². The Morgan fingerprint density at radius 2 is 1.79 bits per heavy atom. The fourth-order valence-corrected chi connectivity index (χ4v) is 5.08. The van der Waals surface area contributed by atoms with Gasteiger partial charge in [0.05, 0.1) is 11.2 Å². The Kier molecular flexibility index (Phi) is 6.40. The third kappa shape index (κ3) is 4.28. The van der Waals surface area contributed by atoms with Gasteiger partial charge in [0, 0.05) is 22.8 Å². The van der Waals surface area contributed by atoms with Crippen LogP contribution in [0.2, 0.25) is 5.02 Å². The fourth-order valence-electron chi connectivity index (χ4n) is 4.67. The van der Waals surface area contributed by atoms with Gasteiger partial charge in [-0.2, -0.15) is 0 Å². The first-order chi connectivity index (χ1) is 16.0. The number of hydrogen-bond donors (Lipinski definition) is 1. The van der Waals surface area contributed by atoms with Gasteiger partial charge in [-0.25, -0.2) is 0 Å². The number of benzene rings is 2. The van der Waals surface area contributed by atoms with Crippen molar-refractivity contribution in [2.24, 2.45) is 0 Å². The molecule has 5 nitrogen and oxygen atoms in total. The van der Waals surface area contributed by atoms with E-state index in [1.165, 1.54) is 16.2 Å². The van der Waals surface area contributed by atoms with Crippen LogP contribution in [0.1, 0.15) is 50.8 Å². The van der Waals surface area contributed by atoms with Crippen LogP contribution in [0.25, 0.3) is 11.6 Å². The number of allylic oxidation sites excluding steroid dienone is 1. The number of anilines is 2. The van der Waals surface area contributed by atoms with Gasteiger partial charge >= 0.3 is 0 Å². The molecular weight excluding hydrogens is 466 g/mol. The molecule has 2 aliphatic heterocycles. The molecule has 2 heterocycles. The minimum absolute atomic E-state index is 0.0368. The van der Waals surface area contributed by atoms with Crippen molar-refractivity contribution in [2.75, 3.05) is 16.3 Å². The van der Waals surface area contributed by atoms with E-state index >= 15 is 0 Å². The number of aryl methyl sites for hydroxylation is 1. The molecule has 1 saturated heterocycles. The van der Waals surface area contributed by atoms with Crippen LogP contribution in [0.4, 0.5) is 11.4 Å². The summed E-state index contributed by atoms with van der Waals surface area (Å²) in [4.78, 5) is 29.9. The van der Waals surface area contributed by atoms with Gasteiger partial charge < -0.3 is 4.90 Å². The molecule has 2 aromatic carbocycles. The van der Waals surface area contributed by atoms with Gasteiger partial charge in [0.1, 0.15) is 5.57 Å². The molecule has 2 aromatic rings. The highest BCUT2D eigenvalue weighted by Crippen LogP contribution is 2.41. The minimum atomic E-state index is -0.502. The van der Waals surface area contributed by atoms with Gasteiger partial charge in [-0.3, -0.25) is 19.8 Å². The lowest BCUT2D eigenvalue weighted by Gasteiger charge is -2.43. The fraction of sp³-hybridized carbons (Fsp3) is 0.296. The standard InChI is InChI=1S/C27H28ClN3O2S/c1-6-11-30-23-12-16(2)18(13-21(23)17(3)15-27(30,4)5)14-22-24(32)29-26(34)31(25(22)33)20-9-7-19(28)8-10-20/h7-10,12-15H,6,11H2,1-5H3,(H,29,32,34)/b22-14-. The lowest BCUT2D eigenvalue weighted by molar-refractivity contribution is -0.122. The summed E-state index contributed by atoms with van der Waals surface area (Å²) < 4.78 is 0. The molecule has 1 fully saturated rings. The largest absolute Gasteiger partial charge is 0.362 e. The smallest absolute Gasteiger partial charge is 0.270 e. The van der Waals surface area contributed by atoms with Crippen LogP contribution in [0.5, 0.6) is 0 Å². The molecule has 0 unspecified atom stereocenters. The molecule has 0 saturated carbocycles. The molecule has 4 rings (SSSR count). The Morgan fingerprint density at radius 3 is 2.44 bits per heavy atom. The normalized spacial score (nSPS) is 18.7. The average molecular weight is 494 g/mol. The molecule has 0 bridgehead atoms. The SMILES string of the molecule is CCCN1c2cc(C)c(/C=C3/C(=O)NC(=S)N(c4ccc(Cl)cc4)C3=O)cc2C(C)=CC1(C)C. The number of thiocarbonyl (C=S) groups is 1. The van der Waals surface area contributed by atoms with E-state index in [4.69, 9.17) is 23.8 Å². The predicted molar refractivity (Wildman–Crippen MR) is 144 cm³/mol. The van der Waals surface area contributed by atoms with Crippen molar-refractivity contribution < 1.29 is 9.59 Å². The summed E-state index contributed by atoms with van der Waals surface area (Å²) in [5, 5.41) is 3.24. The number of fused-ring (bicyclic) bond motifs is 1. The first kappa shape index (κ1) is 24.2. The highest BCUT2D eigenvalue weighted by atomic mass is 35.5. The van der Waals surface area contributed by atoms with Gasteiger partial charge in [-0.15, -0.1) is 0 Å². The summed E-state index contributed by atoms with van der Waals surface area (Å²) in [6, 6.07) is 11.0. The second kappa shape index (κ2) is 9.01. The molecule has 1 N–H and O–H groups in total. The Morgan fingerprint density at radius 1 is 1.12 bits per heavy atom. The van der Waals surface area contributed by atoms with E-state index < -0.39 is 11.8 Å². The summed E-state index contributed by atoms with van der Waals surface area (Å²) in [5.41, 5.74) is 5.77. The molecule has 176 valence electrons. The van der Waals surface area contributed by atoms with Crippen molar-refractivity contribution >= 4 is 63.8 Å². The van der Waals surface area contributed by atoms with Gasteiger partial charge in [0.15, 0.2) is 5.11 Å². The summed E-state index contributed by atoms with van der Waals surface area (Å²) in [5.74, 6) is -0.965. The van der Waals surface area contributed by atoms with Gasteiger partial charge in [-0.05, 0) is 106 Å². The van der Waals surface area contributed by atoms with E-state index in [9.17, 15) is 9.59 Å². The van der Waals surface area contributed by atoms with Crippen LogP contribution in [0, 0.1) is 6.92 Å². The molecule has 0 atom stereocenters. The van der Waals surface area contributed by atoms with Crippen molar-refractivity contribution in [3.63, 3.8) is 0 Å². The number of halogens is 1. The third-order valence-electron chi connectivity index (χ3n) is 6.30. The molecule has 7 heteroatoms. The van der Waals surface area contributed by atoms with Crippen molar-refractivity contribution in [3.8, 4) is 0 Å². The molecule has 0 radical (unpaired) electrons. The summed E-state index contributed by atoms with van der Waals surface area (Å²) >= 11 is 11.3. The predicted octanol–water partition coefficient (Wildman–Crippen LogP) is 5.89. The number of amides is 2. The number of carbonyl (C=O) groups is 2. The molecule has 34 heavy (non-hydrogen) atoms. The van der Waals surface area contributed by atoms with Crippen molar-refractivity contribution in [1.82, 2.24) is 5.32 Å². The number of rotatable bonds is 4. The van der Waals surface area contributed by atoms with Crippen molar-refractivity contribution in [3.05, 3.63) is 69.8 Å². The zero-order valence-corrected chi connectivity index (χ0v) is 21.6. The number of carbonyl (C=O) groups excluding carboxylic acids is 2. The van der Waals surface area contributed by atoms with Crippen molar-refractivity contribution in [2.45, 2.75) is 46.6 Å². The highest BCUT2D eigenvalue weighted by molar-refractivity contribution is 7.80. The van der Waals surface area contributed by atoms with E-state index in [-0.39, 0.29) is 16.2 Å². The number of hydrogen-bond acceptors (Lipinski definition) is 4. The number of nitrogens with zero attached hydrogens (tertiary/aromatic N) is 2. The minimum Gasteiger partial charge on any atom is -0.362 e. The second-order valence-electron chi connectivity index (χ2n) is 9.29. The van der Waals surface area contributed by atoms with Gasteiger partial charge in [0.25, 0.3) is 11.8 Å². The lowest BCUT2D eigenvalue weighted by Crippen LogP contribution is -2.54. The topological polar surface area (TPSA) is 52.7 Å². The van der Waals surface area contributed by atoms with E-state index in [1.807, 2.05) is 6.92 Å². The summed E-state index contributed by atoms with van der Waals surface area (Å²) in [7, 11) is 0. The Bertz CT molecular complexity index is 1260. The van der Waals surface area contributed by atoms with Gasteiger partial charge in [0.2, 0.25) is 0 Å². The van der Waals surface area contributed by atoms with Crippen LogP contribution < -0.4 is 15.1 Å². The zero-order chi connectivity index (χ0) is 24.8. The molecule has 0 aromatic heterocycles. The molecular formula is C27H28ClN3O2S. The Hall–Kier alpha value is -2.96. The first-order valence-corrected chi connectivity index (χ1v) is 12.1. The van der Waals surface area contributed by atoms with Crippen LogP contribution >= 0.6 is 23.8 Å². The first-order valence-electron chi connectivity index (χ1n) is 11.3.